The number of halogens is 2. The monoisotopic (exact) mass is 305 g/mol. The highest BCUT2D eigenvalue weighted by Crippen LogP contribution is 2.23. The number of aliphatic hydroxyl groups is 1. The van der Waals surface area contributed by atoms with Crippen molar-refractivity contribution in [2.24, 2.45) is 5.92 Å². The van der Waals surface area contributed by atoms with E-state index in [1.165, 1.54) is 17.0 Å². The van der Waals surface area contributed by atoms with E-state index in [2.05, 4.69) is 0 Å². The van der Waals surface area contributed by atoms with Crippen molar-refractivity contribution in [3.8, 4) is 0 Å². The first kappa shape index (κ1) is 15.3. The van der Waals surface area contributed by atoms with Crippen LogP contribution in [0.2, 0.25) is 0 Å². The molecule has 4 nitrogen and oxygen atoms in total. The molecule has 2 rings (SSSR count). The van der Waals surface area contributed by atoms with Crippen molar-refractivity contribution >= 4 is 17.7 Å². The van der Waals surface area contributed by atoms with Gasteiger partial charge in [-0.05, 0) is 24.5 Å². The summed E-state index contributed by atoms with van der Waals surface area (Å²) >= 11 is 0.454. The highest BCUT2D eigenvalue weighted by molar-refractivity contribution is 7.98. The summed E-state index contributed by atoms with van der Waals surface area (Å²) in [5.41, 5.74) is 0. The normalized spacial score (nSPS) is 23.4. The number of thioether (sulfide) groups is 1. The molecule has 1 saturated heterocycles. The minimum Gasteiger partial charge on any atom is -0.455 e. The first-order valence-corrected chi connectivity index (χ1v) is 7.48. The summed E-state index contributed by atoms with van der Waals surface area (Å²) in [6, 6.07) is 3.03. The lowest BCUT2D eigenvalue weighted by molar-refractivity contribution is 0.0230. The summed E-state index contributed by atoms with van der Waals surface area (Å²) < 4.78 is 29.4. The molecule has 112 valence electrons. The third-order valence-corrected chi connectivity index (χ3v) is 4.13. The Hall–Kier alpha value is -1.08. The van der Waals surface area contributed by atoms with E-state index in [1.54, 1.807) is 0 Å². The Morgan fingerprint density at radius 1 is 1.60 bits per heavy atom. The molecule has 1 amide bonds. The van der Waals surface area contributed by atoms with Gasteiger partial charge in [-0.25, -0.2) is 0 Å². The second-order valence-electron chi connectivity index (χ2n) is 4.92. The summed E-state index contributed by atoms with van der Waals surface area (Å²) in [6.45, 7) is 2.79. The second-order valence-corrected chi connectivity index (χ2v) is 5.90. The van der Waals surface area contributed by atoms with Gasteiger partial charge in [0, 0.05) is 13.1 Å². The number of β-amino-alcohol motifs (C(OH)–C–C–N with tert-alkyl or cyclic N) is 1. The van der Waals surface area contributed by atoms with E-state index in [0.29, 0.717) is 24.1 Å². The van der Waals surface area contributed by atoms with Crippen molar-refractivity contribution in [2.45, 2.75) is 31.0 Å². The standard InChI is InChI=1S/C13H17F2NO3S/c1-8-4-5-16(6-10(8)17)12(18)11-3-2-9(19-11)7-20-13(14)15/h2-3,8,10,13,17H,4-7H2,1H3. The maximum Gasteiger partial charge on any atom is 0.289 e. The maximum atomic E-state index is 12.2. The molecule has 0 spiro atoms. The molecular weight excluding hydrogens is 288 g/mol. The molecule has 7 heteroatoms. The van der Waals surface area contributed by atoms with E-state index in [9.17, 15) is 18.7 Å². The second kappa shape index (κ2) is 6.58. The van der Waals surface area contributed by atoms with Gasteiger partial charge < -0.3 is 14.4 Å². The van der Waals surface area contributed by atoms with E-state index in [4.69, 9.17) is 4.42 Å². The van der Waals surface area contributed by atoms with Crippen molar-refractivity contribution in [2.75, 3.05) is 13.1 Å². The summed E-state index contributed by atoms with van der Waals surface area (Å²) in [4.78, 5) is 13.7. The number of hydrogen-bond acceptors (Lipinski definition) is 4. The summed E-state index contributed by atoms with van der Waals surface area (Å²) in [6.07, 6.45) is 0.207. The zero-order chi connectivity index (χ0) is 14.7. The summed E-state index contributed by atoms with van der Waals surface area (Å²) in [7, 11) is 0. The molecule has 1 fully saturated rings. The molecular formula is C13H17F2NO3S. The fraction of sp³-hybridized carbons (Fsp3) is 0.615. The SMILES string of the molecule is CC1CCN(C(=O)c2ccc(CSC(F)F)o2)CC1O. The van der Waals surface area contributed by atoms with Crippen LogP contribution in [-0.2, 0) is 5.75 Å². The number of piperidine rings is 1. The fourth-order valence-corrected chi connectivity index (χ4v) is 2.55. The highest BCUT2D eigenvalue weighted by atomic mass is 32.2. The number of rotatable bonds is 4. The Balaban J connectivity index is 1.95. The third-order valence-electron chi connectivity index (χ3n) is 3.43. The first-order chi connectivity index (χ1) is 9.47. The van der Waals surface area contributed by atoms with Crippen LogP contribution in [-0.4, -0.2) is 40.9 Å². The lowest BCUT2D eigenvalue weighted by atomic mass is 9.96. The van der Waals surface area contributed by atoms with Crippen LogP contribution in [0.3, 0.4) is 0 Å². The molecule has 1 aliphatic heterocycles. The number of alkyl halides is 2. The molecule has 0 saturated carbocycles. The molecule has 1 aromatic heterocycles. The molecule has 1 N–H and O–H groups in total. The number of aliphatic hydroxyl groups excluding tert-OH is 1. The average Bonchev–Trinajstić information content (AvgIpc) is 2.87. The smallest absolute Gasteiger partial charge is 0.289 e. The lowest BCUT2D eigenvalue weighted by Crippen LogP contribution is -2.45. The number of furan rings is 1. The van der Waals surface area contributed by atoms with Gasteiger partial charge >= 0.3 is 0 Å². The van der Waals surface area contributed by atoms with E-state index < -0.39 is 11.9 Å². The Labute approximate surface area is 120 Å². The summed E-state index contributed by atoms with van der Waals surface area (Å²) in [5.74, 6) is -2.07. The largest absolute Gasteiger partial charge is 0.455 e. The average molecular weight is 305 g/mol. The molecule has 20 heavy (non-hydrogen) atoms. The molecule has 2 atom stereocenters. The van der Waals surface area contributed by atoms with E-state index in [1.807, 2.05) is 6.92 Å². The van der Waals surface area contributed by atoms with Crippen LogP contribution in [0, 0.1) is 5.92 Å². The Morgan fingerprint density at radius 2 is 2.35 bits per heavy atom. The number of nitrogens with zero attached hydrogens (tertiary/aromatic N) is 1. The van der Waals surface area contributed by atoms with E-state index in [0.717, 1.165) is 6.42 Å². The lowest BCUT2D eigenvalue weighted by Gasteiger charge is -2.33. The summed E-state index contributed by atoms with van der Waals surface area (Å²) in [5, 5.41) is 9.78. The third kappa shape index (κ3) is 3.73. The Morgan fingerprint density at radius 3 is 3.00 bits per heavy atom. The number of hydrogen-bond donors (Lipinski definition) is 1. The van der Waals surface area contributed by atoms with Crippen molar-refractivity contribution in [3.05, 3.63) is 23.7 Å². The van der Waals surface area contributed by atoms with Crippen LogP contribution in [0.25, 0.3) is 0 Å². The maximum absolute atomic E-state index is 12.2. The molecule has 0 bridgehead atoms. The number of likely N-dealkylation sites (tertiary alicyclic amines) is 1. The van der Waals surface area contributed by atoms with Gasteiger partial charge in [-0.3, -0.25) is 4.79 Å². The van der Waals surface area contributed by atoms with Gasteiger partial charge in [-0.15, -0.1) is 0 Å². The van der Waals surface area contributed by atoms with Gasteiger partial charge in [0.25, 0.3) is 11.7 Å². The van der Waals surface area contributed by atoms with Crippen LogP contribution in [0.1, 0.15) is 29.7 Å². The molecule has 0 aliphatic carbocycles. The predicted molar refractivity (Wildman–Crippen MR) is 71.7 cm³/mol. The molecule has 2 unspecified atom stereocenters. The van der Waals surface area contributed by atoms with Crippen LogP contribution < -0.4 is 0 Å². The van der Waals surface area contributed by atoms with Gasteiger partial charge in [0.2, 0.25) is 0 Å². The zero-order valence-electron chi connectivity index (χ0n) is 11.1. The highest BCUT2D eigenvalue weighted by Gasteiger charge is 2.29. The van der Waals surface area contributed by atoms with Gasteiger partial charge in [-0.2, -0.15) is 8.78 Å². The fourth-order valence-electron chi connectivity index (χ4n) is 2.10. The van der Waals surface area contributed by atoms with Crippen LogP contribution >= 0.6 is 11.8 Å². The van der Waals surface area contributed by atoms with Gasteiger partial charge in [0.15, 0.2) is 5.76 Å². The predicted octanol–water partition coefficient (Wildman–Crippen LogP) is 2.58. The van der Waals surface area contributed by atoms with Gasteiger partial charge in [0.1, 0.15) is 5.76 Å². The van der Waals surface area contributed by atoms with Crippen molar-refractivity contribution < 1.29 is 23.1 Å². The van der Waals surface area contributed by atoms with Crippen molar-refractivity contribution in [3.63, 3.8) is 0 Å². The minimum atomic E-state index is -2.46. The van der Waals surface area contributed by atoms with Crippen LogP contribution in [0.5, 0.6) is 0 Å². The molecule has 1 aromatic rings. The Bertz CT molecular complexity index is 466. The molecule has 1 aliphatic rings. The Kier molecular flexibility index (Phi) is 5.04. The van der Waals surface area contributed by atoms with Crippen molar-refractivity contribution in [1.29, 1.82) is 0 Å². The van der Waals surface area contributed by atoms with E-state index >= 15 is 0 Å². The zero-order valence-corrected chi connectivity index (χ0v) is 11.9. The van der Waals surface area contributed by atoms with E-state index in [-0.39, 0.29) is 29.9 Å². The number of amides is 1. The molecule has 0 aromatic carbocycles. The first-order valence-electron chi connectivity index (χ1n) is 6.43. The molecule has 0 radical (unpaired) electrons. The number of carbonyl (C=O) groups excluding carboxylic acids is 1. The van der Waals surface area contributed by atoms with Gasteiger partial charge in [0.05, 0.1) is 11.9 Å². The minimum absolute atomic E-state index is 0.0323. The van der Waals surface area contributed by atoms with Crippen LogP contribution in [0.15, 0.2) is 16.5 Å². The molecule has 2 heterocycles. The van der Waals surface area contributed by atoms with Crippen molar-refractivity contribution in [1.82, 2.24) is 4.90 Å². The quantitative estimate of drug-likeness (QED) is 0.929. The number of carbonyl (C=O) groups is 1. The van der Waals surface area contributed by atoms with Gasteiger partial charge in [-0.1, -0.05) is 18.7 Å². The topological polar surface area (TPSA) is 53.7 Å². The van der Waals surface area contributed by atoms with Crippen LogP contribution in [0.4, 0.5) is 8.78 Å².